The Balaban J connectivity index is 3.04. The lowest BCUT2D eigenvalue weighted by molar-refractivity contribution is -0.137. The molecule has 0 radical (unpaired) electrons. The monoisotopic (exact) mass is 327 g/mol. The maximum absolute atomic E-state index is 12.2. The summed E-state index contributed by atoms with van der Waals surface area (Å²) in [6.45, 7) is 1.11. The van der Waals surface area contributed by atoms with Crippen LogP contribution >= 0.6 is 12.2 Å². The molecule has 0 amide bonds. The first kappa shape index (κ1) is 16.8. The maximum Gasteiger partial charge on any atom is 0.390 e. The van der Waals surface area contributed by atoms with Gasteiger partial charge in [0, 0.05) is 12.2 Å². The summed E-state index contributed by atoms with van der Waals surface area (Å²) in [5.41, 5.74) is 5.18. The molecule has 0 spiro atoms. The summed E-state index contributed by atoms with van der Waals surface area (Å²) in [6.07, 6.45) is -4.47. The third-order valence-electron chi connectivity index (χ3n) is 2.19. The van der Waals surface area contributed by atoms with E-state index in [0.29, 0.717) is 0 Å². The van der Waals surface area contributed by atoms with Crippen LogP contribution < -0.4 is 10.5 Å². The predicted molar refractivity (Wildman–Crippen MR) is 70.6 cm³/mol. The van der Waals surface area contributed by atoms with Gasteiger partial charge < -0.3 is 5.73 Å². The minimum Gasteiger partial charge on any atom is -0.388 e. The summed E-state index contributed by atoms with van der Waals surface area (Å²) in [4.78, 5) is 3.12. The summed E-state index contributed by atoms with van der Waals surface area (Å²) in [5.74, 6) is 0. The first-order valence-electron chi connectivity index (χ1n) is 5.37. The number of alkyl halides is 3. The third kappa shape index (κ3) is 4.69. The smallest absolute Gasteiger partial charge is 0.388 e. The van der Waals surface area contributed by atoms with Crippen LogP contribution in [0, 0.1) is 0 Å². The molecule has 0 saturated heterocycles. The largest absolute Gasteiger partial charge is 0.390 e. The fourth-order valence-corrected chi connectivity index (χ4v) is 3.15. The van der Waals surface area contributed by atoms with Gasteiger partial charge in [0.25, 0.3) is 0 Å². The van der Waals surface area contributed by atoms with Crippen molar-refractivity contribution in [2.45, 2.75) is 30.5 Å². The Labute approximate surface area is 119 Å². The Bertz CT molecular complexity index is 602. The van der Waals surface area contributed by atoms with Crippen molar-refractivity contribution in [3.8, 4) is 0 Å². The average Bonchev–Trinajstić information content (AvgIpc) is 2.25. The lowest BCUT2D eigenvalue weighted by atomic mass is 10.2. The van der Waals surface area contributed by atoms with E-state index in [1.165, 1.54) is 18.3 Å². The van der Waals surface area contributed by atoms with Crippen molar-refractivity contribution in [2.24, 2.45) is 5.73 Å². The standard InChI is InChI=1S/C10H12F3N3O2S2/c1-6(5-10(11,12)13)16-20(17,18)7-3-2-4-15-8(7)9(14)19/h2-4,6,16H,5H2,1H3,(H2,14,19). The van der Waals surface area contributed by atoms with Crippen LogP contribution in [0.1, 0.15) is 19.0 Å². The molecule has 20 heavy (non-hydrogen) atoms. The van der Waals surface area contributed by atoms with Crippen LogP contribution in [0.15, 0.2) is 23.2 Å². The van der Waals surface area contributed by atoms with Crippen LogP contribution in [0.4, 0.5) is 13.2 Å². The first-order chi connectivity index (χ1) is 9.03. The van der Waals surface area contributed by atoms with Gasteiger partial charge in [-0.2, -0.15) is 13.2 Å². The minimum atomic E-state index is -4.47. The zero-order valence-corrected chi connectivity index (χ0v) is 11.9. The van der Waals surface area contributed by atoms with Crippen molar-refractivity contribution in [3.63, 3.8) is 0 Å². The van der Waals surface area contributed by atoms with Crippen LogP contribution in [-0.2, 0) is 10.0 Å². The van der Waals surface area contributed by atoms with Crippen molar-refractivity contribution >= 4 is 27.2 Å². The molecule has 1 rings (SSSR count). The highest BCUT2D eigenvalue weighted by molar-refractivity contribution is 7.89. The zero-order valence-electron chi connectivity index (χ0n) is 10.3. The summed E-state index contributed by atoms with van der Waals surface area (Å²) in [5, 5.41) is 0. The fraction of sp³-hybridized carbons (Fsp3) is 0.400. The van der Waals surface area contributed by atoms with Crippen molar-refractivity contribution in [2.75, 3.05) is 0 Å². The van der Waals surface area contributed by atoms with Crippen LogP contribution in [0.3, 0.4) is 0 Å². The molecule has 0 aliphatic carbocycles. The molecule has 0 aliphatic heterocycles. The van der Waals surface area contributed by atoms with E-state index in [1.807, 2.05) is 4.72 Å². The summed E-state index contributed by atoms with van der Waals surface area (Å²) < 4.78 is 62.6. The average molecular weight is 327 g/mol. The molecule has 1 atom stereocenters. The lowest BCUT2D eigenvalue weighted by Crippen LogP contribution is -2.37. The molecule has 0 aliphatic rings. The Morgan fingerprint density at radius 3 is 2.65 bits per heavy atom. The van der Waals surface area contributed by atoms with Crippen molar-refractivity contribution in [1.29, 1.82) is 0 Å². The van der Waals surface area contributed by atoms with Gasteiger partial charge in [-0.25, -0.2) is 13.1 Å². The molecule has 0 bridgehead atoms. The molecule has 112 valence electrons. The Kier molecular flexibility index (Phi) is 5.05. The molecule has 3 N–H and O–H groups in total. The van der Waals surface area contributed by atoms with E-state index >= 15 is 0 Å². The molecule has 10 heteroatoms. The number of hydrogen-bond donors (Lipinski definition) is 2. The van der Waals surface area contributed by atoms with Gasteiger partial charge in [-0.3, -0.25) is 4.98 Å². The van der Waals surface area contributed by atoms with Crippen LogP contribution in [0.5, 0.6) is 0 Å². The van der Waals surface area contributed by atoms with Gasteiger partial charge >= 0.3 is 6.18 Å². The fourth-order valence-electron chi connectivity index (χ4n) is 1.51. The second-order valence-corrected chi connectivity index (χ2v) is 6.18. The summed E-state index contributed by atoms with van der Waals surface area (Å²) >= 11 is 4.66. The van der Waals surface area contributed by atoms with Crippen LogP contribution in [0.25, 0.3) is 0 Å². The number of rotatable bonds is 5. The molecule has 5 nitrogen and oxygen atoms in total. The molecule has 1 heterocycles. The highest BCUT2D eigenvalue weighted by Gasteiger charge is 2.32. The van der Waals surface area contributed by atoms with E-state index in [1.54, 1.807) is 0 Å². The topological polar surface area (TPSA) is 85.1 Å². The molecule has 1 unspecified atom stereocenters. The van der Waals surface area contributed by atoms with Crippen LogP contribution in [0.2, 0.25) is 0 Å². The Morgan fingerprint density at radius 2 is 2.15 bits per heavy atom. The Hall–Kier alpha value is -1.26. The summed E-state index contributed by atoms with van der Waals surface area (Å²) in [7, 11) is -4.19. The quantitative estimate of drug-likeness (QED) is 0.797. The van der Waals surface area contributed by atoms with Crippen molar-refractivity contribution in [3.05, 3.63) is 24.0 Å². The van der Waals surface area contributed by atoms with E-state index in [0.717, 1.165) is 6.92 Å². The SMILES string of the molecule is CC(CC(F)(F)F)NS(=O)(=O)c1cccnc1C(N)=S. The molecular weight excluding hydrogens is 315 g/mol. The van der Waals surface area contributed by atoms with Crippen LogP contribution in [-0.4, -0.2) is 30.6 Å². The number of hydrogen-bond acceptors (Lipinski definition) is 4. The summed E-state index contributed by atoms with van der Waals surface area (Å²) in [6, 6.07) is 1.17. The van der Waals surface area contributed by atoms with E-state index in [4.69, 9.17) is 5.73 Å². The molecule has 1 aromatic rings. The number of aromatic nitrogens is 1. The number of pyridine rings is 1. The highest BCUT2D eigenvalue weighted by Crippen LogP contribution is 2.22. The predicted octanol–water partition coefficient (Wildman–Crippen LogP) is 1.34. The van der Waals surface area contributed by atoms with E-state index < -0.39 is 28.7 Å². The number of thiocarbonyl (C=S) groups is 1. The highest BCUT2D eigenvalue weighted by atomic mass is 32.2. The van der Waals surface area contributed by atoms with Gasteiger partial charge in [-0.05, 0) is 19.1 Å². The van der Waals surface area contributed by atoms with Gasteiger partial charge in [0.2, 0.25) is 10.0 Å². The van der Waals surface area contributed by atoms with Gasteiger partial charge in [0.1, 0.15) is 15.6 Å². The van der Waals surface area contributed by atoms with Gasteiger partial charge in [-0.15, -0.1) is 0 Å². The molecular formula is C10H12F3N3O2S2. The number of nitrogens with zero attached hydrogens (tertiary/aromatic N) is 1. The number of nitrogens with two attached hydrogens (primary N) is 1. The van der Waals surface area contributed by atoms with Gasteiger partial charge in [0.05, 0.1) is 6.42 Å². The maximum atomic E-state index is 12.2. The third-order valence-corrected chi connectivity index (χ3v) is 4.00. The van der Waals surface area contributed by atoms with E-state index in [9.17, 15) is 21.6 Å². The molecule has 0 saturated carbocycles. The second kappa shape index (κ2) is 6.02. The normalized spacial score (nSPS) is 14.0. The number of sulfonamides is 1. The van der Waals surface area contributed by atoms with Gasteiger partial charge in [-0.1, -0.05) is 12.2 Å². The zero-order chi connectivity index (χ0) is 15.6. The number of halogens is 3. The van der Waals surface area contributed by atoms with E-state index in [2.05, 4.69) is 17.2 Å². The van der Waals surface area contributed by atoms with E-state index in [-0.39, 0.29) is 15.6 Å². The van der Waals surface area contributed by atoms with Crippen molar-refractivity contribution < 1.29 is 21.6 Å². The number of nitrogens with one attached hydrogen (secondary N) is 1. The molecule has 1 aromatic heterocycles. The second-order valence-electron chi connectivity index (χ2n) is 4.06. The lowest BCUT2D eigenvalue weighted by Gasteiger charge is -2.16. The van der Waals surface area contributed by atoms with Crippen molar-refractivity contribution in [1.82, 2.24) is 9.71 Å². The minimum absolute atomic E-state index is 0.158. The Morgan fingerprint density at radius 1 is 1.55 bits per heavy atom. The molecule has 0 aromatic carbocycles. The molecule has 0 fully saturated rings. The first-order valence-corrected chi connectivity index (χ1v) is 7.26. The van der Waals surface area contributed by atoms with Gasteiger partial charge in [0.15, 0.2) is 0 Å².